The number of pyridine rings is 2. The van der Waals surface area contributed by atoms with Crippen molar-refractivity contribution >= 4 is 22.4 Å². The summed E-state index contributed by atoms with van der Waals surface area (Å²) in [5.41, 5.74) is 4.35. The van der Waals surface area contributed by atoms with Gasteiger partial charge >= 0.3 is 0 Å². The van der Waals surface area contributed by atoms with E-state index in [4.69, 9.17) is 4.84 Å². The van der Waals surface area contributed by atoms with E-state index in [1.54, 1.807) is 19.2 Å². The summed E-state index contributed by atoms with van der Waals surface area (Å²) < 4.78 is 1.43. The Kier molecular flexibility index (Phi) is 7.55. The van der Waals surface area contributed by atoms with E-state index in [0.29, 0.717) is 16.7 Å². The van der Waals surface area contributed by atoms with Crippen LogP contribution in [-0.4, -0.2) is 34.0 Å². The Morgan fingerprint density at radius 1 is 1.11 bits per heavy atom. The summed E-state index contributed by atoms with van der Waals surface area (Å²) in [6, 6.07) is 15.8. The number of benzene rings is 1. The quantitative estimate of drug-likeness (QED) is 0.345. The fraction of sp³-hybridized carbons (Fsp3) is 0.433. The van der Waals surface area contributed by atoms with Crippen LogP contribution >= 0.6 is 0 Å². The average Bonchev–Trinajstić information content (AvgIpc) is 2.90. The van der Waals surface area contributed by atoms with Gasteiger partial charge in [0, 0.05) is 31.6 Å². The maximum absolute atomic E-state index is 13.1. The second kappa shape index (κ2) is 10.7. The van der Waals surface area contributed by atoms with Crippen LogP contribution in [0.1, 0.15) is 68.8 Å². The second-order valence-electron chi connectivity index (χ2n) is 11.0. The summed E-state index contributed by atoms with van der Waals surface area (Å²) in [4.78, 5) is 25.5. The molecule has 1 aromatic carbocycles. The molecule has 2 heterocycles. The van der Waals surface area contributed by atoms with Gasteiger partial charge < -0.3 is 14.3 Å². The van der Waals surface area contributed by atoms with E-state index in [1.165, 1.54) is 4.57 Å². The first-order valence-electron chi connectivity index (χ1n) is 12.9. The van der Waals surface area contributed by atoms with Crippen LogP contribution in [0.2, 0.25) is 0 Å². The van der Waals surface area contributed by atoms with Crippen molar-refractivity contribution in [3.63, 3.8) is 0 Å². The third-order valence-corrected chi connectivity index (χ3v) is 7.26. The zero-order valence-corrected chi connectivity index (χ0v) is 22.9. The van der Waals surface area contributed by atoms with E-state index >= 15 is 0 Å². The van der Waals surface area contributed by atoms with Crippen LogP contribution in [0.4, 0.5) is 5.69 Å². The monoisotopic (exact) mass is 510 g/mol. The fourth-order valence-corrected chi connectivity index (χ4v) is 5.21. The third kappa shape index (κ3) is 5.26. The molecule has 0 N–H and O–H groups in total. The number of hydrogen-bond acceptors (Lipinski definition) is 7. The third-order valence-electron chi connectivity index (χ3n) is 7.26. The molecular weight excluding hydrogens is 476 g/mol. The molecule has 4 rings (SSSR count). The van der Waals surface area contributed by atoms with Gasteiger partial charge in [-0.15, -0.1) is 0 Å². The van der Waals surface area contributed by atoms with Crippen molar-refractivity contribution in [2.75, 3.05) is 11.9 Å². The highest BCUT2D eigenvalue weighted by Gasteiger charge is 2.32. The maximum Gasteiger partial charge on any atom is 0.270 e. The Hall–Kier alpha value is -4.17. The van der Waals surface area contributed by atoms with E-state index < -0.39 is 5.60 Å². The van der Waals surface area contributed by atoms with Crippen molar-refractivity contribution in [1.82, 2.24) is 9.55 Å². The van der Waals surface area contributed by atoms with Crippen LogP contribution in [0.5, 0.6) is 0 Å². The van der Waals surface area contributed by atoms with Gasteiger partial charge in [-0.3, -0.25) is 4.79 Å². The second-order valence-corrected chi connectivity index (χ2v) is 11.0. The largest absolute Gasteiger partial charge is 0.390 e. The fourth-order valence-electron chi connectivity index (χ4n) is 5.21. The normalized spacial score (nSPS) is 18.1. The van der Waals surface area contributed by atoms with Crippen LogP contribution in [0.15, 0.2) is 46.3 Å². The molecule has 0 radical (unpaired) electrons. The van der Waals surface area contributed by atoms with Crippen molar-refractivity contribution in [2.45, 2.75) is 65.0 Å². The molecule has 196 valence electrons. The number of rotatable bonds is 5. The molecule has 0 saturated heterocycles. The van der Waals surface area contributed by atoms with Crippen LogP contribution in [0.3, 0.4) is 0 Å². The van der Waals surface area contributed by atoms with E-state index in [2.05, 4.69) is 41.3 Å². The standard InChI is InChI=1S/C30H34N6O2/c1-19-9-7-8-10-23(19)26(34-38-30(2,3)4)20-11-14-22(15-12-20)35(5)28-24(18-32)29(37)36(6)25-16-13-21(17-31)33-27(25)28/h7-10,13,16,20,22H,11-12,14-15H2,1-6H3/b34-26+. The molecule has 1 fully saturated rings. The number of aryl methyl sites for hydroxylation is 2. The molecule has 8 heteroatoms. The molecule has 1 aliphatic carbocycles. The summed E-state index contributed by atoms with van der Waals surface area (Å²) in [5, 5.41) is 24.0. The Morgan fingerprint density at radius 3 is 2.39 bits per heavy atom. The lowest BCUT2D eigenvalue weighted by atomic mass is 9.80. The molecule has 0 spiro atoms. The molecule has 8 nitrogen and oxygen atoms in total. The molecule has 1 saturated carbocycles. The molecule has 0 bridgehead atoms. The summed E-state index contributed by atoms with van der Waals surface area (Å²) in [7, 11) is 3.54. The van der Waals surface area contributed by atoms with Crippen molar-refractivity contribution in [3.05, 3.63) is 69.1 Å². The Bertz CT molecular complexity index is 1530. The maximum atomic E-state index is 13.1. The first-order valence-corrected chi connectivity index (χ1v) is 12.9. The lowest BCUT2D eigenvalue weighted by Crippen LogP contribution is -2.39. The first-order chi connectivity index (χ1) is 18.1. The number of aromatic nitrogens is 2. The van der Waals surface area contributed by atoms with Crippen LogP contribution in [-0.2, 0) is 11.9 Å². The van der Waals surface area contributed by atoms with Gasteiger partial charge in [-0.25, -0.2) is 4.98 Å². The van der Waals surface area contributed by atoms with Gasteiger partial charge in [0.15, 0.2) is 0 Å². The smallest absolute Gasteiger partial charge is 0.270 e. The molecule has 0 unspecified atom stereocenters. The highest BCUT2D eigenvalue weighted by Crippen LogP contribution is 2.35. The zero-order valence-electron chi connectivity index (χ0n) is 22.9. The number of anilines is 1. The molecule has 3 aromatic rings. The summed E-state index contributed by atoms with van der Waals surface area (Å²) in [6.07, 6.45) is 3.47. The molecule has 2 aromatic heterocycles. The van der Waals surface area contributed by atoms with E-state index in [1.807, 2.05) is 44.9 Å². The summed E-state index contributed by atoms with van der Waals surface area (Å²) in [6.45, 7) is 8.06. The van der Waals surface area contributed by atoms with E-state index in [-0.39, 0.29) is 28.8 Å². The van der Waals surface area contributed by atoms with Crippen molar-refractivity contribution in [2.24, 2.45) is 18.1 Å². The van der Waals surface area contributed by atoms with Gasteiger partial charge in [-0.1, -0.05) is 29.4 Å². The molecule has 0 amide bonds. The number of hydrogen-bond donors (Lipinski definition) is 0. The van der Waals surface area contributed by atoms with Gasteiger partial charge in [0.1, 0.15) is 34.5 Å². The minimum atomic E-state index is -0.394. The average molecular weight is 511 g/mol. The Labute approximate surface area is 223 Å². The number of fused-ring (bicyclic) bond motifs is 1. The molecule has 0 atom stereocenters. The number of nitriles is 2. The number of oxime groups is 1. The van der Waals surface area contributed by atoms with Gasteiger partial charge in [-0.2, -0.15) is 10.5 Å². The van der Waals surface area contributed by atoms with Gasteiger partial charge in [0.25, 0.3) is 5.56 Å². The highest BCUT2D eigenvalue weighted by molar-refractivity contribution is 6.03. The SMILES string of the molecule is Cc1ccccc1/C(=N/OC(C)(C)C)C1CCC(N(C)c2c(C#N)c(=O)n(C)c3ccc(C#N)nc23)CC1. The van der Waals surface area contributed by atoms with Crippen molar-refractivity contribution in [1.29, 1.82) is 10.5 Å². The Morgan fingerprint density at radius 2 is 1.79 bits per heavy atom. The minimum absolute atomic E-state index is 0.0490. The van der Waals surface area contributed by atoms with Crippen molar-refractivity contribution in [3.8, 4) is 12.1 Å². The highest BCUT2D eigenvalue weighted by atomic mass is 16.6. The van der Waals surface area contributed by atoms with Crippen LogP contribution in [0, 0.1) is 35.5 Å². The van der Waals surface area contributed by atoms with Crippen LogP contribution in [0.25, 0.3) is 11.0 Å². The van der Waals surface area contributed by atoms with Gasteiger partial charge in [0.05, 0.1) is 16.9 Å². The predicted molar refractivity (Wildman–Crippen MR) is 149 cm³/mol. The summed E-state index contributed by atoms with van der Waals surface area (Å²) >= 11 is 0. The van der Waals surface area contributed by atoms with E-state index in [0.717, 1.165) is 42.5 Å². The molecule has 0 aliphatic heterocycles. The number of nitrogens with zero attached hydrogens (tertiary/aromatic N) is 6. The van der Waals surface area contributed by atoms with Gasteiger partial charge in [0.2, 0.25) is 0 Å². The lowest BCUT2D eigenvalue weighted by molar-refractivity contribution is -0.0000372. The predicted octanol–water partition coefficient (Wildman–Crippen LogP) is 5.20. The first kappa shape index (κ1) is 26.9. The van der Waals surface area contributed by atoms with Crippen molar-refractivity contribution < 1.29 is 4.84 Å². The minimum Gasteiger partial charge on any atom is -0.390 e. The molecule has 38 heavy (non-hydrogen) atoms. The molecular formula is C30H34N6O2. The molecule has 1 aliphatic rings. The Balaban J connectivity index is 1.67. The van der Waals surface area contributed by atoms with Gasteiger partial charge in [-0.05, 0) is 71.1 Å². The zero-order chi connectivity index (χ0) is 27.6. The van der Waals surface area contributed by atoms with E-state index in [9.17, 15) is 15.3 Å². The summed E-state index contributed by atoms with van der Waals surface area (Å²) in [5.74, 6) is 0.224. The van der Waals surface area contributed by atoms with Crippen LogP contribution < -0.4 is 10.5 Å². The topological polar surface area (TPSA) is 107 Å². The lowest BCUT2D eigenvalue weighted by Gasteiger charge is -2.37.